The second-order valence-electron chi connectivity index (χ2n) is 2.58. The first-order valence-electron chi connectivity index (χ1n) is 3.59. The summed E-state index contributed by atoms with van der Waals surface area (Å²) in [7, 11) is 0. The molecule has 0 aliphatic heterocycles. The quantitative estimate of drug-likeness (QED) is 0.607. The van der Waals surface area contributed by atoms with Crippen LogP contribution in [0.15, 0.2) is 18.3 Å². The number of nitrogens with zero attached hydrogens (tertiary/aromatic N) is 1. The van der Waals surface area contributed by atoms with Gasteiger partial charge in [-0.2, -0.15) is 5.10 Å². The molecule has 0 aliphatic carbocycles. The predicted octanol–water partition coefficient (Wildman–Crippen LogP) is 0.967. The van der Waals surface area contributed by atoms with E-state index in [9.17, 15) is 9.90 Å². The summed E-state index contributed by atoms with van der Waals surface area (Å²) in [5, 5.41) is 24.8. The average Bonchev–Trinajstić information content (AvgIpc) is 2.50. The van der Waals surface area contributed by atoms with E-state index in [0.29, 0.717) is 10.9 Å². The number of carboxylic acids is 1. The van der Waals surface area contributed by atoms with E-state index in [2.05, 4.69) is 10.2 Å². The SMILES string of the molecule is O=C(O)c1c(O)ccc2n[nH]cc12. The van der Waals surface area contributed by atoms with E-state index in [-0.39, 0.29) is 11.3 Å². The number of fused-ring (bicyclic) bond motifs is 1. The number of hydrogen-bond donors (Lipinski definition) is 3. The number of aromatic hydroxyl groups is 1. The Morgan fingerprint density at radius 1 is 1.46 bits per heavy atom. The molecule has 5 heteroatoms. The fourth-order valence-corrected chi connectivity index (χ4v) is 1.23. The van der Waals surface area contributed by atoms with E-state index in [1.54, 1.807) is 6.07 Å². The van der Waals surface area contributed by atoms with Crippen molar-refractivity contribution < 1.29 is 15.0 Å². The van der Waals surface area contributed by atoms with Gasteiger partial charge in [0.05, 0.1) is 5.52 Å². The van der Waals surface area contributed by atoms with Gasteiger partial charge in [0.25, 0.3) is 0 Å². The third-order valence-corrected chi connectivity index (χ3v) is 1.81. The third-order valence-electron chi connectivity index (χ3n) is 1.81. The standard InChI is InChI=1S/C8H6N2O3/c11-6-2-1-5-4(3-9-10-5)7(6)8(12)13/h1-3,11H,(H,9,10)(H,12,13). The van der Waals surface area contributed by atoms with Crippen LogP contribution in [-0.4, -0.2) is 26.4 Å². The molecule has 0 aliphatic rings. The van der Waals surface area contributed by atoms with Gasteiger partial charge in [0, 0.05) is 11.6 Å². The molecule has 0 saturated carbocycles. The van der Waals surface area contributed by atoms with Crippen LogP contribution < -0.4 is 0 Å². The summed E-state index contributed by atoms with van der Waals surface area (Å²) in [4.78, 5) is 10.7. The van der Waals surface area contributed by atoms with Crippen LogP contribution in [0.5, 0.6) is 5.75 Å². The van der Waals surface area contributed by atoms with Crippen molar-refractivity contribution in [1.29, 1.82) is 0 Å². The Balaban J connectivity index is 2.88. The largest absolute Gasteiger partial charge is 0.507 e. The second-order valence-corrected chi connectivity index (χ2v) is 2.58. The minimum atomic E-state index is -1.16. The molecular weight excluding hydrogens is 172 g/mol. The van der Waals surface area contributed by atoms with Crippen LogP contribution in [0.3, 0.4) is 0 Å². The zero-order valence-corrected chi connectivity index (χ0v) is 6.48. The van der Waals surface area contributed by atoms with Gasteiger partial charge in [-0.15, -0.1) is 0 Å². The molecule has 1 aromatic heterocycles. The van der Waals surface area contributed by atoms with Gasteiger partial charge in [0.1, 0.15) is 11.3 Å². The lowest BCUT2D eigenvalue weighted by atomic mass is 10.1. The molecule has 0 saturated heterocycles. The lowest BCUT2D eigenvalue weighted by Gasteiger charge is -1.98. The molecule has 1 heterocycles. The van der Waals surface area contributed by atoms with Crippen molar-refractivity contribution >= 4 is 16.9 Å². The minimum Gasteiger partial charge on any atom is -0.507 e. The summed E-state index contributed by atoms with van der Waals surface area (Å²) in [6, 6.07) is 2.86. The Hall–Kier alpha value is -2.04. The fourth-order valence-electron chi connectivity index (χ4n) is 1.23. The molecule has 0 bridgehead atoms. The first-order chi connectivity index (χ1) is 6.20. The summed E-state index contributed by atoms with van der Waals surface area (Å²) in [5.74, 6) is -1.41. The molecular formula is C8H6N2O3. The van der Waals surface area contributed by atoms with Crippen molar-refractivity contribution in [3.8, 4) is 5.75 Å². The molecule has 0 unspecified atom stereocenters. The summed E-state index contributed by atoms with van der Waals surface area (Å²) in [5.41, 5.74) is 0.404. The zero-order valence-electron chi connectivity index (χ0n) is 6.48. The maximum Gasteiger partial charge on any atom is 0.340 e. The highest BCUT2D eigenvalue weighted by molar-refractivity contribution is 6.04. The number of aromatic nitrogens is 2. The van der Waals surface area contributed by atoms with Crippen molar-refractivity contribution in [2.75, 3.05) is 0 Å². The molecule has 0 amide bonds. The predicted molar refractivity (Wildman–Crippen MR) is 44.7 cm³/mol. The molecule has 3 N–H and O–H groups in total. The molecule has 0 radical (unpaired) electrons. The Morgan fingerprint density at radius 2 is 2.23 bits per heavy atom. The maximum absolute atomic E-state index is 10.7. The van der Waals surface area contributed by atoms with Gasteiger partial charge < -0.3 is 10.2 Å². The second kappa shape index (κ2) is 2.48. The number of rotatable bonds is 1. The number of phenols is 1. The zero-order chi connectivity index (χ0) is 9.42. The van der Waals surface area contributed by atoms with Gasteiger partial charge in [-0.3, -0.25) is 5.10 Å². The topological polar surface area (TPSA) is 86.2 Å². The summed E-state index contributed by atoms with van der Waals surface area (Å²) in [6.45, 7) is 0. The number of carboxylic acid groups (broad SMARTS) is 1. The Labute approximate surface area is 72.6 Å². The van der Waals surface area contributed by atoms with Gasteiger partial charge in [0.15, 0.2) is 0 Å². The van der Waals surface area contributed by atoms with E-state index in [0.717, 1.165) is 0 Å². The number of carbonyl (C=O) groups is 1. The summed E-state index contributed by atoms with van der Waals surface area (Å²) >= 11 is 0. The van der Waals surface area contributed by atoms with Crippen LogP contribution in [0, 0.1) is 0 Å². The Morgan fingerprint density at radius 3 is 2.92 bits per heavy atom. The third kappa shape index (κ3) is 1.01. The molecule has 2 aromatic rings. The van der Waals surface area contributed by atoms with Crippen molar-refractivity contribution in [2.24, 2.45) is 0 Å². The molecule has 1 aromatic carbocycles. The van der Waals surface area contributed by atoms with E-state index in [1.165, 1.54) is 12.3 Å². The van der Waals surface area contributed by atoms with Gasteiger partial charge in [-0.05, 0) is 12.1 Å². The van der Waals surface area contributed by atoms with Crippen molar-refractivity contribution in [3.63, 3.8) is 0 Å². The van der Waals surface area contributed by atoms with Crippen molar-refractivity contribution in [2.45, 2.75) is 0 Å². The number of aromatic carboxylic acids is 1. The first kappa shape index (κ1) is 7.60. The van der Waals surface area contributed by atoms with E-state index in [4.69, 9.17) is 5.11 Å². The molecule has 5 nitrogen and oxygen atoms in total. The fraction of sp³-hybridized carbons (Fsp3) is 0. The molecule has 2 rings (SSSR count). The number of hydrogen-bond acceptors (Lipinski definition) is 3. The van der Waals surface area contributed by atoms with Gasteiger partial charge in [-0.25, -0.2) is 4.79 Å². The average molecular weight is 178 g/mol. The van der Waals surface area contributed by atoms with E-state index in [1.807, 2.05) is 0 Å². The first-order valence-corrected chi connectivity index (χ1v) is 3.59. The highest BCUT2D eigenvalue weighted by Gasteiger charge is 2.14. The molecule has 0 atom stereocenters. The number of aromatic amines is 1. The van der Waals surface area contributed by atoms with Crippen molar-refractivity contribution in [1.82, 2.24) is 10.2 Å². The highest BCUT2D eigenvalue weighted by atomic mass is 16.4. The summed E-state index contributed by atoms with van der Waals surface area (Å²) in [6.07, 6.45) is 1.44. The molecule has 0 fully saturated rings. The monoisotopic (exact) mass is 178 g/mol. The van der Waals surface area contributed by atoms with Crippen LogP contribution in [0.4, 0.5) is 0 Å². The highest BCUT2D eigenvalue weighted by Crippen LogP contribution is 2.25. The smallest absolute Gasteiger partial charge is 0.340 e. The lowest BCUT2D eigenvalue weighted by molar-refractivity contribution is 0.0696. The number of benzene rings is 1. The van der Waals surface area contributed by atoms with Crippen LogP contribution >= 0.6 is 0 Å². The lowest BCUT2D eigenvalue weighted by Crippen LogP contribution is -1.97. The van der Waals surface area contributed by atoms with E-state index < -0.39 is 5.97 Å². The van der Waals surface area contributed by atoms with Gasteiger partial charge in [-0.1, -0.05) is 0 Å². The van der Waals surface area contributed by atoms with Crippen molar-refractivity contribution in [3.05, 3.63) is 23.9 Å². The molecule has 0 spiro atoms. The molecule has 66 valence electrons. The number of nitrogens with one attached hydrogen (secondary N) is 1. The Bertz CT molecular complexity index is 475. The normalized spacial score (nSPS) is 10.5. The van der Waals surface area contributed by atoms with Crippen LogP contribution in [0.1, 0.15) is 10.4 Å². The maximum atomic E-state index is 10.7. The van der Waals surface area contributed by atoms with Crippen LogP contribution in [0.25, 0.3) is 10.9 Å². The van der Waals surface area contributed by atoms with Crippen LogP contribution in [-0.2, 0) is 0 Å². The van der Waals surface area contributed by atoms with Gasteiger partial charge >= 0.3 is 5.97 Å². The minimum absolute atomic E-state index is 0.119. The summed E-state index contributed by atoms with van der Waals surface area (Å²) < 4.78 is 0. The molecule has 13 heavy (non-hydrogen) atoms. The van der Waals surface area contributed by atoms with Crippen LogP contribution in [0.2, 0.25) is 0 Å². The Kier molecular flexibility index (Phi) is 1.45. The van der Waals surface area contributed by atoms with E-state index >= 15 is 0 Å². The number of H-pyrrole nitrogens is 1. The van der Waals surface area contributed by atoms with Gasteiger partial charge in [0.2, 0.25) is 0 Å².